The summed E-state index contributed by atoms with van der Waals surface area (Å²) in [6.45, 7) is 3.97. The van der Waals surface area contributed by atoms with E-state index >= 15 is 0 Å². The van der Waals surface area contributed by atoms with Gasteiger partial charge in [0.2, 0.25) is 5.91 Å². The van der Waals surface area contributed by atoms with Crippen molar-refractivity contribution in [3.05, 3.63) is 11.6 Å². The molecule has 1 atom stereocenters. The maximum atomic E-state index is 11.4. The summed E-state index contributed by atoms with van der Waals surface area (Å²) < 4.78 is 0.896. The van der Waals surface area contributed by atoms with E-state index in [2.05, 4.69) is 10.4 Å². The summed E-state index contributed by atoms with van der Waals surface area (Å²) in [7, 11) is 0. The van der Waals surface area contributed by atoms with Gasteiger partial charge in [0.05, 0.1) is 5.25 Å². The van der Waals surface area contributed by atoms with Gasteiger partial charge >= 0.3 is 0 Å². The first-order valence-corrected chi connectivity index (χ1v) is 5.97. The summed E-state index contributed by atoms with van der Waals surface area (Å²) in [6, 6.07) is 0. The van der Waals surface area contributed by atoms with Crippen molar-refractivity contribution in [2.45, 2.75) is 23.4 Å². The minimum atomic E-state index is -0.175. The normalized spacial score (nSPS) is 12.9. The van der Waals surface area contributed by atoms with Gasteiger partial charge in [-0.1, -0.05) is 25.6 Å². The highest BCUT2D eigenvalue weighted by molar-refractivity contribution is 8.02. The van der Waals surface area contributed by atoms with Gasteiger partial charge in [-0.3, -0.25) is 10.2 Å². The molecule has 0 saturated carbocycles. The van der Waals surface area contributed by atoms with Gasteiger partial charge in [-0.2, -0.15) is 0 Å². The van der Waals surface area contributed by atoms with Crippen molar-refractivity contribution in [2.75, 3.05) is 0 Å². The fraction of sp³-hybridized carbons (Fsp3) is 0.500. The average molecular weight is 231 g/mol. The smallest absolute Gasteiger partial charge is 0.247 e. The van der Waals surface area contributed by atoms with E-state index < -0.39 is 0 Å². The summed E-state index contributed by atoms with van der Waals surface area (Å²) >= 11 is 2.98. The molecule has 0 radical (unpaired) electrons. The fourth-order valence-corrected chi connectivity index (χ4v) is 2.80. The lowest BCUT2D eigenvalue weighted by atomic mass is 10.1. The van der Waals surface area contributed by atoms with E-state index in [1.54, 1.807) is 6.20 Å². The van der Waals surface area contributed by atoms with E-state index in [4.69, 9.17) is 5.84 Å². The lowest BCUT2D eigenvalue weighted by molar-refractivity contribution is -0.121. The summed E-state index contributed by atoms with van der Waals surface area (Å²) in [4.78, 5) is 15.5. The van der Waals surface area contributed by atoms with Crippen LogP contribution >= 0.6 is 23.1 Å². The van der Waals surface area contributed by atoms with Crippen LogP contribution in [-0.2, 0) is 4.79 Å². The van der Waals surface area contributed by atoms with Gasteiger partial charge in [0.1, 0.15) is 0 Å². The van der Waals surface area contributed by atoms with Gasteiger partial charge in [0.25, 0.3) is 0 Å². The molecule has 0 saturated heterocycles. The first-order valence-electron chi connectivity index (χ1n) is 4.21. The zero-order valence-electron chi connectivity index (χ0n) is 8.06. The molecule has 4 nitrogen and oxygen atoms in total. The van der Waals surface area contributed by atoms with Crippen molar-refractivity contribution in [3.8, 4) is 0 Å². The van der Waals surface area contributed by atoms with Crippen LogP contribution in [0.25, 0.3) is 0 Å². The molecule has 0 aliphatic heterocycles. The predicted molar refractivity (Wildman–Crippen MR) is 58.9 cm³/mol. The standard InChI is InChI=1S/C8H13N3OS2/c1-5(2)6(7(12)11-9)14-8-10-3-4-13-8/h3-6H,9H2,1-2H3,(H,11,12). The van der Waals surface area contributed by atoms with Gasteiger partial charge in [0, 0.05) is 11.6 Å². The molecule has 0 aliphatic carbocycles. The van der Waals surface area contributed by atoms with Crippen LogP contribution in [0, 0.1) is 5.92 Å². The van der Waals surface area contributed by atoms with E-state index in [0.29, 0.717) is 0 Å². The zero-order valence-corrected chi connectivity index (χ0v) is 9.69. The van der Waals surface area contributed by atoms with Gasteiger partial charge in [-0.15, -0.1) is 11.3 Å². The topological polar surface area (TPSA) is 68.0 Å². The third-order valence-electron chi connectivity index (χ3n) is 1.64. The van der Waals surface area contributed by atoms with E-state index in [-0.39, 0.29) is 17.1 Å². The van der Waals surface area contributed by atoms with Gasteiger partial charge in [0.15, 0.2) is 4.34 Å². The lowest BCUT2D eigenvalue weighted by Crippen LogP contribution is -2.39. The molecule has 0 aliphatic rings. The van der Waals surface area contributed by atoms with E-state index in [1.165, 1.54) is 23.1 Å². The molecule has 0 fully saturated rings. The summed E-state index contributed by atoms with van der Waals surface area (Å²) in [5.74, 6) is 5.19. The Morgan fingerprint density at radius 1 is 1.71 bits per heavy atom. The van der Waals surface area contributed by atoms with E-state index in [0.717, 1.165) is 4.34 Å². The number of hydrogen-bond donors (Lipinski definition) is 2. The Kier molecular flexibility index (Phi) is 4.37. The second kappa shape index (κ2) is 5.33. The van der Waals surface area contributed by atoms with Gasteiger partial charge in [-0.25, -0.2) is 10.8 Å². The zero-order chi connectivity index (χ0) is 10.6. The van der Waals surface area contributed by atoms with Crippen LogP contribution in [0.5, 0.6) is 0 Å². The van der Waals surface area contributed by atoms with Crippen LogP contribution in [-0.4, -0.2) is 16.1 Å². The molecule has 1 aromatic heterocycles. The molecular formula is C8H13N3OS2. The monoisotopic (exact) mass is 231 g/mol. The molecule has 1 amide bonds. The Balaban J connectivity index is 2.65. The van der Waals surface area contributed by atoms with Crippen LogP contribution in [0.1, 0.15) is 13.8 Å². The molecule has 6 heteroatoms. The van der Waals surface area contributed by atoms with Crippen molar-refractivity contribution in [2.24, 2.45) is 11.8 Å². The first-order chi connectivity index (χ1) is 6.65. The Morgan fingerprint density at radius 3 is 2.86 bits per heavy atom. The Hall–Kier alpha value is -0.590. The molecule has 1 aromatic rings. The molecule has 0 spiro atoms. The number of nitrogens with one attached hydrogen (secondary N) is 1. The molecule has 78 valence electrons. The van der Waals surface area contributed by atoms with Crippen LogP contribution < -0.4 is 11.3 Å². The minimum absolute atomic E-state index is 0.153. The highest BCUT2D eigenvalue weighted by Crippen LogP contribution is 2.29. The summed E-state index contributed by atoms with van der Waals surface area (Å²) in [6.07, 6.45) is 1.73. The maximum Gasteiger partial charge on any atom is 0.247 e. The van der Waals surface area contributed by atoms with E-state index in [9.17, 15) is 4.79 Å². The summed E-state index contributed by atoms with van der Waals surface area (Å²) in [5, 5.41) is 1.71. The second-order valence-electron chi connectivity index (χ2n) is 3.09. The molecule has 14 heavy (non-hydrogen) atoms. The van der Waals surface area contributed by atoms with Crippen molar-refractivity contribution >= 4 is 29.0 Å². The van der Waals surface area contributed by atoms with Crippen molar-refractivity contribution < 1.29 is 4.79 Å². The van der Waals surface area contributed by atoms with Crippen LogP contribution in [0.2, 0.25) is 0 Å². The Morgan fingerprint density at radius 2 is 2.43 bits per heavy atom. The molecule has 1 rings (SSSR count). The van der Waals surface area contributed by atoms with Gasteiger partial charge in [-0.05, 0) is 5.92 Å². The first kappa shape index (κ1) is 11.5. The average Bonchev–Trinajstić information content (AvgIpc) is 2.65. The Bertz CT molecular complexity index is 287. The number of thiazole rings is 1. The molecule has 3 N–H and O–H groups in total. The quantitative estimate of drug-likeness (QED) is 0.354. The predicted octanol–water partition coefficient (Wildman–Crippen LogP) is 1.25. The number of hydrazine groups is 1. The Labute approximate surface area is 91.3 Å². The van der Waals surface area contributed by atoms with E-state index in [1.807, 2.05) is 19.2 Å². The van der Waals surface area contributed by atoms with Crippen molar-refractivity contribution in [3.63, 3.8) is 0 Å². The molecule has 1 heterocycles. The number of thioether (sulfide) groups is 1. The number of amides is 1. The molecule has 1 unspecified atom stereocenters. The van der Waals surface area contributed by atoms with Crippen LogP contribution in [0.3, 0.4) is 0 Å². The summed E-state index contributed by atoms with van der Waals surface area (Å²) in [5.41, 5.74) is 2.18. The highest BCUT2D eigenvalue weighted by Gasteiger charge is 2.23. The number of nitrogens with zero attached hydrogens (tertiary/aromatic N) is 1. The third-order valence-corrected chi connectivity index (χ3v) is 4.11. The third kappa shape index (κ3) is 2.97. The number of hydrogen-bond acceptors (Lipinski definition) is 5. The highest BCUT2D eigenvalue weighted by atomic mass is 32.2. The lowest BCUT2D eigenvalue weighted by Gasteiger charge is -2.16. The van der Waals surface area contributed by atoms with Crippen LogP contribution in [0.4, 0.5) is 0 Å². The largest absolute Gasteiger partial charge is 0.293 e. The van der Waals surface area contributed by atoms with Crippen LogP contribution in [0.15, 0.2) is 15.9 Å². The molecule has 0 bridgehead atoms. The number of aromatic nitrogens is 1. The van der Waals surface area contributed by atoms with Crippen molar-refractivity contribution in [1.82, 2.24) is 10.4 Å². The minimum Gasteiger partial charge on any atom is -0.293 e. The number of nitrogens with two attached hydrogens (primary N) is 1. The fourth-order valence-electron chi connectivity index (χ4n) is 0.952. The SMILES string of the molecule is CC(C)C(Sc1nccs1)C(=O)NN. The van der Waals surface area contributed by atoms with Crippen molar-refractivity contribution in [1.29, 1.82) is 0 Å². The molecular weight excluding hydrogens is 218 g/mol. The number of rotatable bonds is 4. The second-order valence-corrected chi connectivity index (χ2v) is 5.37. The number of carbonyl (C=O) groups is 1. The number of carbonyl (C=O) groups excluding carboxylic acids is 1. The maximum absolute atomic E-state index is 11.4. The van der Waals surface area contributed by atoms with Gasteiger partial charge < -0.3 is 0 Å². The molecule has 0 aromatic carbocycles.